The van der Waals surface area contributed by atoms with Crippen LogP contribution in [0.1, 0.15) is 61.6 Å². The van der Waals surface area contributed by atoms with Crippen molar-refractivity contribution in [3.63, 3.8) is 0 Å². The van der Waals surface area contributed by atoms with Crippen LogP contribution in [0.4, 0.5) is 0 Å². The lowest BCUT2D eigenvalue weighted by molar-refractivity contribution is -0.0227. The molecule has 0 aliphatic heterocycles. The summed E-state index contributed by atoms with van der Waals surface area (Å²) in [6.07, 6.45) is 6.78. The lowest BCUT2D eigenvalue weighted by Crippen LogP contribution is -2.44. The molecule has 0 unspecified atom stereocenters. The van der Waals surface area contributed by atoms with E-state index in [0.717, 1.165) is 25.2 Å². The molecule has 3 aliphatic carbocycles. The molecule has 0 aromatic heterocycles. The Morgan fingerprint density at radius 3 is 2.76 bits per heavy atom. The first-order valence-corrected chi connectivity index (χ1v) is 8.51. The molecule has 1 aromatic carbocycles. The van der Waals surface area contributed by atoms with Crippen molar-refractivity contribution in [3.05, 3.63) is 28.8 Å². The lowest BCUT2D eigenvalue weighted by atomic mass is 9.55. The molecule has 0 radical (unpaired) electrons. The average Bonchev–Trinajstić information content (AvgIpc) is 2.74. The monoisotopic (exact) mass is 286 g/mol. The van der Waals surface area contributed by atoms with Gasteiger partial charge < -0.3 is 10.2 Å². The van der Waals surface area contributed by atoms with Crippen molar-refractivity contribution < 1.29 is 10.2 Å². The van der Waals surface area contributed by atoms with Crippen LogP contribution < -0.4 is 0 Å². The first kappa shape index (κ1) is 13.6. The van der Waals surface area contributed by atoms with E-state index in [0.29, 0.717) is 17.6 Å². The third-order valence-electron chi connectivity index (χ3n) is 6.96. The van der Waals surface area contributed by atoms with E-state index < -0.39 is 0 Å². The fourth-order valence-electron chi connectivity index (χ4n) is 5.93. The van der Waals surface area contributed by atoms with Crippen molar-refractivity contribution in [3.8, 4) is 5.75 Å². The first-order chi connectivity index (χ1) is 10.0. The van der Waals surface area contributed by atoms with Gasteiger partial charge in [0.15, 0.2) is 0 Å². The van der Waals surface area contributed by atoms with E-state index in [1.54, 1.807) is 0 Å². The molecule has 0 saturated heterocycles. The Kier molecular flexibility index (Phi) is 2.91. The quantitative estimate of drug-likeness (QED) is 0.759. The van der Waals surface area contributed by atoms with Crippen LogP contribution in [0.15, 0.2) is 12.1 Å². The number of phenols is 1. The van der Waals surface area contributed by atoms with Gasteiger partial charge in [0, 0.05) is 0 Å². The minimum absolute atomic E-state index is 0.0919. The molecule has 2 nitrogen and oxygen atoms in total. The number of aliphatic hydroxyl groups is 1. The number of rotatable bonds is 0. The maximum atomic E-state index is 10.4. The van der Waals surface area contributed by atoms with Crippen molar-refractivity contribution in [2.75, 3.05) is 0 Å². The van der Waals surface area contributed by atoms with Gasteiger partial charge in [-0.1, -0.05) is 6.92 Å². The zero-order valence-electron chi connectivity index (χ0n) is 13.1. The predicted octanol–water partition coefficient (Wildman–Crippen LogP) is 3.92. The number of aliphatic hydroxyl groups excluding tert-OH is 1. The second-order valence-electron chi connectivity index (χ2n) is 7.89. The van der Waals surface area contributed by atoms with Crippen LogP contribution in [0.5, 0.6) is 5.75 Å². The van der Waals surface area contributed by atoms with Gasteiger partial charge in [-0.05, 0) is 97.4 Å². The number of aromatic hydroxyl groups is 1. The highest BCUT2D eigenvalue weighted by Crippen LogP contribution is 2.61. The Hall–Kier alpha value is -1.02. The van der Waals surface area contributed by atoms with Crippen molar-refractivity contribution in [2.24, 2.45) is 17.3 Å². The Morgan fingerprint density at radius 1 is 1.14 bits per heavy atom. The Bertz CT molecular complexity index is 579. The molecule has 0 heterocycles. The highest BCUT2D eigenvalue weighted by Gasteiger charge is 2.54. The van der Waals surface area contributed by atoms with Crippen LogP contribution in [0.3, 0.4) is 0 Å². The Balaban J connectivity index is 1.75. The third kappa shape index (κ3) is 1.81. The second-order valence-corrected chi connectivity index (χ2v) is 7.89. The van der Waals surface area contributed by atoms with Gasteiger partial charge in [0.2, 0.25) is 0 Å². The maximum Gasteiger partial charge on any atom is 0.116 e. The van der Waals surface area contributed by atoms with E-state index in [2.05, 4.69) is 13.8 Å². The maximum absolute atomic E-state index is 10.4. The molecule has 21 heavy (non-hydrogen) atoms. The van der Waals surface area contributed by atoms with E-state index in [4.69, 9.17) is 0 Å². The van der Waals surface area contributed by atoms with E-state index in [-0.39, 0.29) is 11.5 Å². The van der Waals surface area contributed by atoms with Gasteiger partial charge in [-0.3, -0.25) is 0 Å². The summed E-state index contributed by atoms with van der Waals surface area (Å²) in [7, 11) is 0. The molecule has 2 heteroatoms. The zero-order chi connectivity index (χ0) is 14.8. The third-order valence-corrected chi connectivity index (χ3v) is 6.96. The fourth-order valence-corrected chi connectivity index (χ4v) is 5.93. The average molecular weight is 286 g/mol. The zero-order valence-corrected chi connectivity index (χ0v) is 13.1. The van der Waals surface area contributed by atoms with Gasteiger partial charge >= 0.3 is 0 Å². The SMILES string of the molecule is Cc1cc(O)cc2c1[C@H]1CC[C@]3(C)[C@@H](O)CC[C@H]3[C@@H]1CC2. The summed E-state index contributed by atoms with van der Waals surface area (Å²) in [5, 5.41) is 20.3. The van der Waals surface area contributed by atoms with Crippen LogP contribution >= 0.6 is 0 Å². The van der Waals surface area contributed by atoms with Crippen LogP contribution in [0.2, 0.25) is 0 Å². The Morgan fingerprint density at radius 2 is 1.95 bits per heavy atom. The number of phenolic OH excluding ortho intramolecular Hbond substituents is 1. The number of fused-ring (bicyclic) bond motifs is 5. The second kappa shape index (κ2) is 4.49. The summed E-state index contributed by atoms with van der Waals surface area (Å²) in [5.41, 5.74) is 4.31. The highest BCUT2D eigenvalue weighted by molar-refractivity contribution is 5.45. The Labute approximate surface area is 127 Å². The predicted molar refractivity (Wildman–Crippen MR) is 83.5 cm³/mol. The largest absolute Gasteiger partial charge is 0.508 e. The molecule has 5 atom stereocenters. The normalized spacial score (nSPS) is 41.3. The fraction of sp³-hybridized carbons (Fsp3) is 0.684. The summed E-state index contributed by atoms with van der Waals surface area (Å²) < 4.78 is 0. The van der Waals surface area contributed by atoms with Crippen molar-refractivity contribution in [1.29, 1.82) is 0 Å². The molecule has 114 valence electrons. The summed E-state index contributed by atoms with van der Waals surface area (Å²) in [5.74, 6) is 2.49. The van der Waals surface area contributed by atoms with Crippen LogP contribution in [-0.4, -0.2) is 16.3 Å². The van der Waals surface area contributed by atoms with Gasteiger partial charge in [0.1, 0.15) is 5.75 Å². The highest BCUT2D eigenvalue weighted by atomic mass is 16.3. The van der Waals surface area contributed by atoms with Crippen molar-refractivity contribution in [1.82, 2.24) is 0 Å². The number of hydrogen-bond acceptors (Lipinski definition) is 2. The van der Waals surface area contributed by atoms with Crippen molar-refractivity contribution in [2.45, 2.75) is 64.4 Å². The minimum Gasteiger partial charge on any atom is -0.508 e. The molecule has 0 amide bonds. The summed E-state index contributed by atoms with van der Waals surface area (Å²) >= 11 is 0. The minimum atomic E-state index is -0.0919. The molecule has 2 saturated carbocycles. The molecule has 2 N–H and O–H groups in total. The number of aryl methyl sites for hydroxylation is 2. The number of hydrogen-bond donors (Lipinski definition) is 2. The van der Waals surface area contributed by atoms with Gasteiger partial charge in [-0.2, -0.15) is 0 Å². The topological polar surface area (TPSA) is 40.5 Å². The molecule has 1 aromatic rings. The lowest BCUT2D eigenvalue weighted by Gasteiger charge is -2.50. The summed E-state index contributed by atoms with van der Waals surface area (Å²) in [4.78, 5) is 0. The van der Waals surface area contributed by atoms with E-state index in [1.807, 2.05) is 12.1 Å². The molecular formula is C19H26O2. The summed E-state index contributed by atoms with van der Waals surface area (Å²) in [6, 6.07) is 3.91. The summed E-state index contributed by atoms with van der Waals surface area (Å²) in [6.45, 7) is 4.48. The van der Waals surface area contributed by atoms with Crippen LogP contribution in [0, 0.1) is 24.2 Å². The van der Waals surface area contributed by atoms with Crippen LogP contribution in [0.25, 0.3) is 0 Å². The first-order valence-electron chi connectivity index (χ1n) is 8.51. The van der Waals surface area contributed by atoms with E-state index >= 15 is 0 Å². The number of benzene rings is 1. The van der Waals surface area contributed by atoms with Crippen molar-refractivity contribution >= 4 is 0 Å². The van der Waals surface area contributed by atoms with Gasteiger partial charge in [-0.25, -0.2) is 0 Å². The molecular weight excluding hydrogens is 260 g/mol. The standard InChI is InChI=1S/C19H26O2/c1-11-9-13(20)10-12-3-4-14-15(18(11)12)7-8-19(2)16(14)5-6-17(19)21/h9-10,14-17,20-21H,3-8H2,1-2H3/t14-,15+,16+,17+,19+/m1/s1. The molecule has 4 rings (SSSR count). The smallest absolute Gasteiger partial charge is 0.116 e. The van der Waals surface area contributed by atoms with Gasteiger partial charge in [0.05, 0.1) is 6.10 Å². The molecule has 2 fully saturated rings. The van der Waals surface area contributed by atoms with Gasteiger partial charge in [-0.15, -0.1) is 0 Å². The molecule has 0 bridgehead atoms. The molecule has 3 aliphatic rings. The van der Waals surface area contributed by atoms with Gasteiger partial charge in [0.25, 0.3) is 0 Å². The van der Waals surface area contributed by atoms with E-state index in [9.17, 15) is 10.2 Å². The molecule has 0 spiro atoms. The van der Waals surface area contributed by atoms with E-state index in [1.165, 1.54) is 36.0 Å². The van der Waals surface area contributed by atoms with Crippen LogP contribution in [-0.2, 0) is 6.42 Å².